The van der Waals surface area contributed by atoms with Gasteiger partial charge < -0.3 is 4.74 Å². The van der Waals surface area contributed by atoms with Crippen LogP contribution in [0.1, 0.15) is 25.7 Å². The lowest BCUT2D eigenvalue weighted by molar-refractivity contribution is -0.386. The average Bonchev–Trinajstić information content (AvgIpc) is 2.87. The molecule has 0 aliphatic heterocycles. The van der Waals surface area contributed by atoms with E-state index in [1.54, 1.807) is 0 Å². The molecule has 0 atom stereocenters. The summed E-state index contributed by atoms with van der Waals surface area (Å²) in [5.74, 6) is -1.17. The molecule has 1 aromatic rings. The standard InChI is InChI=1S/C12H13ClFNO5S/c13-21(18,19)12-6-10(15(16)17)11(5-9(12)14)20-7-8-3-1-2-4-8/h5-6,8H,1-4,7H2. The zero-order valence-corrected chi connectivity index (χ0v) is 12.5. The second-order valence-electron chi connectivity index (χ2n) is 4.91. The van der Waals surface area contributed by atoms with Crippen LogP contribution in [-0.4, -0.2) is 19.9 Å². The van der Waals surface area contributed by atoms with Gasteiger partial charge in [-0.25, -0.2) is 12.8 Å². The average molecular weight is 338 g/mol. The monoisotopic (exact) mass is 337 g/mol. The third-order valence-electron chi connectivity index (χ3n) is 3.42. The first kappa shape index (κ1) is 16.0. The Hall–Kier alpha value is -1.41. The SMILES string of the molecule is O=[N+]([O-])c1cc(S(=O)(=O)Cl)c(F)cc1OCC1CCCC1. The van der Waals surface area contributed by atoms with E-state index in [1.807, 2.05) is 0 Å². The van der Waals surface area contributed by atoms with Gasteiger partial charge in [0.25, 0.3) is 9.05 Å². The van der Waals surface area contributed by atoms with Gasteiger partial charge in [0, 0.05) is 22.8 Å². The molecule has 1 aliphatic rings. The van der Waals surface area contributed by atoms with Gasteiger partial charge in [-0.1, -0.05) is 12.8 Å². The zero-order chi connectivity index (χ0) is 15.6. The van der Waals surface area contributed by atoms with Crippen molar-refractivity contribution in [3.05, 3.63) is 28.1 Å². The molecule has 0 unspecified atom stereocenters. The van der Waals surface area contributed by atoms with E-state index in [1.165, 1.54) is 0 Å². The minimum absolute atomic E-state index is 0.243. The number of ether oxygens (including phenoxy) is 1. The van der Waals surface area contributed by atoms with E-state index in [-0.39, 0.29) is 18.3 Å². The highest BCUT2D eigenvalue weighted by atomic mass is 35.7. The number of nitro benzene ring substituents is 1. The number of hydrogen-bond acceptors (Lipinski definition) is 5. The van der Waals surface area contributed by atoms with Crippen LogP contribution >= 0.6 is 10.7 Å². The van der Waals surface area contributed by atoms with Gasteiger partial charge in [-0.2, -0.15) is 0 Å². The first-order valence-electron chi connectivity index (χ1n) is 6.34. The molecule has 0 amide bonds. The summed E-state index contributed by atoms with van der Waals surface area (Å²) < 4.78 is 41.4. The van der Waals surface area contributed by atoms with Crippen molar-refractivity contribution in [1.82, 2.24) is 0 Å². The van der Waals surface area contributed by atoms with E-state index >= 15 is 0 Å². The maximum Gasteiger partial charge on any atom is 0.312 e. The molecule has 0 radical (unpaired) electrons. The molecule has 0 bridgehead atoms. The molecule has 2 rings (SSSR count). The first-order valence-corrected chi connectivity index (χ1v) is 8.65. The van der Waals surface area contributed by atoms with Crippen molar-refractivity contribution in [3.8, 4) is 5.75 Å². The molecule has 0 N–H and O–H groups in total. The molecule has 9 heteroatoms. The third kappa shape index (κ3) is 3.82. The van der Waals surface area contributed by atoms with Gasteiger partial charge in [-0.3, -0.25) is 10.1 Å². The lowest BCUT2D eigenvalue weighted by atomic mass is 10.1. The van der Waals surface area contributed by atoms with Crippen LogP contribution in [-0.2, 0) is 9.05 Å². The van der Waals surface area contributed by atoms with E-state index < -0.39 is 30.4 Å². The van der Waals surface area contributed by atoms with Crippen LogP contribution in [0, 0.1) is 21.8 Å². The molecule has 0 spiro atoms. The smallest absolute Gasteiger partial charge is 0.312 e. The predicted molar refractivity (Wildman–Crippen MR) is 73.5 cm³/mol. The number of halogens is 2. The van der Waals surface area contributed by atoms with Crippen molar-refractivity contribution in [2.45, 2.75) is 30.6 Å². The predicted octanol–water partition coefficient (Wildman–Crippen LogP) is 3.23. The van der Waals surface area contributed by atoms with Crippen molar-refractivity contribution >= 4 is 25.4 Å². The van der Waals surface area contributed by atoms with Crippen LogP contribution in [0.3, 0.4) is 0 Å². The molecule has 21 heavy (non-hydrogen) atoms. The van der Waals surface area contributed by atoms with Gasteiger partial charge in [0.05, 0.1) is 11.5 Å². The Balaban J connectivity index is 2.31. The largest absolute Gasteiger partial charge is 0.486 e. The Morgan fingerprint density at radius 1 is 1.38 bits per heavy atom. The minimum atomic E-state index is -4.40. The maximum atomic E-state index is 13.7. The third-order valence-corrected chi connectivity index (χ3v) is 4.76. The van der Waals surface area contributed by atoms with E-state index in [0.29, 0.717) is 12.1 Å². The Labute approximate surface area is 125 Å². The number of hydrogen-bond donors (Lipinski definition) is 0. The zero-order valence-electron chi connectivity index (χ0n) is 10.9. The number of nitrogens with zero attached hydrogens (tertiary/aromatic N) is 1. The minimum Gasteiger partial charge on any atom is -0.486 e. The molecule has 1 aliphatic carbocycles. The van der Waals surface area contributed by atoms with Crippen molar-refractivity contribution in [1.29, 1.82) is 0 Å². The lowest BCUT2D eigenvalue weighted by Crippen LogP contribution is -2.10. The van der Waals surface area contributed by atoms with Crippen LogP contribution in [0.25, 0.3) is 0 Å². The molecule has 1 saturated carbocycles. The van der Waals surface area contributed by atoms with Crippen molar-refractivity contribution in [2.24, 2.45) is 5.92 Å². The summed E-state index contributed by atoms with van der Waals surface area (Å²) in [5, 5.41) is 11.0. The molecule has 0 heterocycles. The summed E-state index contributed by atoms with van der Waals surface area (Å²) in [6.07, 6.45) is 4.08. The van der Waals surface area contributed by atoms with Crippen LogP contribution in [0.4, 0.5) is 10.1 Å². The fraction of sp³-hybridized carbons (Fsp3) is 0.500. The van der Waals surface area contributed by atoms with E-state index in [9.17, 15) is 22.9 Å². The van der Waals surface area contributed by atoms with Gasteiger partial charge >= 0.3 is 5.69 Å². The Kier molecular flexibility index (Phi) is 4.67. The summed E-state index contributed by atoms with van der Waals surface area (Å²) in [7, 11) is 0.643. The lowest BCUT2D eigenvalue weighted by Gasteiger charge is -2.12. The molecular weight excluding hydrogens is 325 g/mol. The molecule has 0 aromatic heterocycles. The van der Waals surface area contributed by atoms with Crippen molar-refractivity contribution in [2.75, 3.05) is 6.61 Å². The van der Waals surface area contributed by atoms with E-state index in [4.69, 9.17) is 15.4 Å². The molecule has 6 nitrogen and oxygen atoms in total. The molecular formula is C12H13ClFNO5S. The quantitative estimate of drug-likeness (QED) is 0.467. The highest BCUT2D eigenvalue weighted by molar-refractivity contribution is 8.13. The van der Waals surface area contributed by atoms with Crippen LogP contribution < -0.4 is 4.74 Å². The van der Waals surface area contributed by atoms with Gasteiger partial charge in [0.1, 0.15) is 10.7 Å². The Bertz CT molecular complexity index is 658. The van der Waals surface area contributed by atoms with Crippen molar-refractivity contribution < 1.29 is 22.5 Å². The maximum absolute atomic E-state index is 13.7. The number of rotatable bonds is 5. The Morgan fingerprint density at radius 2 is 2.00 bits per heavy atom. The second-order valence-corrected chi connectivity index (χ2v) is 7.44. The topological polar surface area (TPSA) is 86.5 Å². The van der Waals surface area contributed by atoms with Gasteiger partial charge in [-0.05, 0) is 18.8 Å². The highest BCUT2D eigenvalue weighted by Crippen LogP contribution is 2.34. The fourth-order valence-corrected chi connectivity index (χ4v) is 3.25. The Morgan fingerprint density at radius 3 is 2.52 bits per heavy atom. The van der Waals surface area contributed by atoms with Crippen LogP contribution in [0.2, 0.25) is 0 Å². The molecule has 1 aromatic carbocycles. The van der Waals surface area contributed by atoms with E-state index in [0.717, 1.165) is 25.7 Å². The summed E-state index contributed by atoms with van der Waals surface area (Å²) in [5.41, 5.74) is -0.617. The summed E-state index contributed by atoms with van der Waals surface area (Å²) in [4.78, 5) is 9.22. The highest BCUT2D eigenvalue weighted by Gasteiger charge is 2.26. The summed E-state index contributed by atoms with van der Waals surface area (Å²) in [6.45, 7) is 0.243. The molecule has 1 fully saturated rings. The first-order chi connectivity index (χ1) is 9.79. The van der Waals surface area contributed by atoms with Crippen molar-refractivity contribution in [3.63, 3.8) is 0 Å². The second kappa shape index (κ2) is 6.15. The van der Waals surface area contributed by atoms with Gasteiger partial charge in [0.15, 0.2) is 5.75 Å². The van der Waals surface area contributed by atoms with E-state index in [2.05, 4.69) is 0 Å². The van der Waals surface area contributed by atoms with Crippen LogP contribution in [0.5, 0.6) is 5.75 Å². The van der Waals surface area contributed by atoms with Crippen LogP contribution in [0.15, 0.2) is 17.0 Å². The summed E-state index contributed by atoms with van der Waals surface area (Å²) in [6, 6.07) is 1.28. The summed E-state index contributed by atoms with van der Waals surface area (Å²) >= 11 is 0. The normalized spacial score (nSPS) is 16.1. The fourth-order valence-electron chi connectivity index (χ4n) is 2.35. The number of benzene rings is 1. The molecule has 116 valence electrons. The number of nitro groups is 1. The molecule has 0 saturated heterocycles. The van der Waals surface area contributed by atoms with Gasteiger partial charge in [0.2, 0.25) is 0 Å². The van der Waals surface area contributed by atoms with Gasteiger partial charge in [-0.15, -0.1) is 0 Å².